The highest BCUT2D eigenvalue weighted by Gasteiger charge is 2.26. The van der Waals surface area contributed by atoms with Gasteiger partial charge in [-0.25, -0.2) is 19.2 Å². The zero-order valence-corrected chi connectivity index (χ0v) is 26.0. The molecular weight excluding hydrogens is 588 g/mol. The first-order chi connectivity index (χ1) is 21.3. The van der Waals surface area contributed by atoms with Crippen molar-refractivity contribution in [1.82, 2.24) is 21.3 Å². The van der Waals surface area contributed by atoms with E-state index < -0.39 is 60.2 Å². The largest absolute Gasteiger partial charge is 0.464 e. The highest BCUT2D eigenvalue weighted by molar-refractivity contribution is 5.89. The van der Waals surface area contributed by atoms with Crippen LogP contribution >= 0.6 is 0 Å². The normalized spacial score (nSPS) is 12.0. The standard InChI is InChI=1S/C31H40N4O10/c1-6-42-28(39)24(35-27(38)20(2)34-30(41)43-19-22-10-8-7-9-11-22)16-21-12-14-23(15-13-21)44-26(37)18-32-25(36)17-33-29(40)45-31(3,4)5/h7-15,20,24H,6,16-19H2,1-5H3,(H,32,36)(H,33,40)(H,34,41)(H,35,38). The van der Waals surface area contributed by atoms with Crippen molar-refractivity contribution in [3.05, 3.63) is 65.7 Å². The number of ether oxygens (including phenoxy) is 4. The van der Waals surface area contributed by atoms with Crippen LogP contribution in [0.1, 0.15) is 45.7 Å². The summed E-state index contributed by atoms with van der Waals surface area (Å²) in [6, 6.07) is 13.1. The van der Waals surface area contributed by atoms with Gasteiger partial charge in [-0.1, -0.05) is 42.5 Å². The molecule has 4 N–H and O–H groups in total. The summed E-state index contributed by atoms with van der Waals surface area (Å²) in [7, 11) is 0. The Balaban J connectivity index is 1.85. The minimum Gasteiger partial charge on any atom is -0.464 e. The van der Waals surface area contributed by atoms with Gasteiger partial charge in [0.05, 0.1) is 6.61 Å². The second-order valence-corrected chi connectivity index (χ2v) is 10.7. The molecule has 0 radical (unpaired) electrons. The molecule has 45 heavy (non-hydrogen) atoms. The summed E-state index contributed by atoms with van der Waals surface area (Å²) in [5.41, 5.74) is 0.672. The van der Waals surface area contributed by atoms with Crippen molar-refractivity contribution in [3.63, 3.8) is 0 Å². The summed E-state index contributed by atoms with van der Waals surface area (Å²) in [5.74, 6) is -2.49. The van der Waals surface area contributed by atoms with Crippen molar-refractivity contribution in [2.75, 3.05) is 19.7 Å². The number of amides is 4. The molecule has 0 heterocycles. The fourth-order valence-corrected chi connectivity index (χ4v) is 3.54. The van der Waals surface area contributed by atoms with E-state index in [1.807, 2.05) is 18.2 Å². The van der Waals surface area contributed by atoms with Crippen molar-refractivity contribution >= 4 is 35.9 Å². The van der Waals surface area contributed by atoms with E-state index in [9.17, 15) is 28.8 Å². The molecule has 0 saturated carbocycles. The topological polar surface area (TPSA) is 187 Å². The lowest BCUT2D eigenvalue weighted by molar-refractivity contribution is -0.147. The SMILES string of the molecule is CCOC(=O)C(Cc1ccc(OC(=O)CNC(=O)CNC(=O)OC(C)(C)C)cc1)NC(=O)C(C)NC(=O)OCc1ccccc1. The predicted octanol–water partition coefficient (Wildman–Crippen LogP) is 2.14. The van der Waals surface area contributed by atoms with E-state index >= 15 is 0 Å². The first-order valence-corrected chi connectivity index (χ1v) is 14.2. The van der Waals surface area contributed by atoms with E-state index in [-0.39, 0.29) is 31.9 Å². The quantitative estimate of drug-likeness (QED) is 0.137. The zero-order chi connectivity index (χ0) is 33.4. The van der Waals surface area contributed by atoms with E-state index in [0.717, 1.165) is 5.56 Å². The van der Waals surface area contributed by atoms with Crippen LogP contribution in [0, 0.1) is 0 Å². The van der Waals surface area contributed by atoms with Gasteiger partial charge >= 0.3 is 24.1 Å². The van der Waals surface area contributed by atoms with Gasteiger partial charge in [0.2, 0.25) is 11.8 Å². The maximum Gasteiger partial charge on any atom is 0.408 e. The lowest BCUT2D eigenvalue weighted by Gasteiger charge is -2.20. The van der Waals surface area contributed by atoms with Gasteiger partial charge in [0.15, 0.2) is 0 Å². The van der Waals surface area contributed by atoms with Gasteiger partial charge in [-0.15, -0.1) is 0 Å². The highest BCUT2D eigenvalue weighted by Crippen LogP contribution is 2.14. The number of hydrogen-bond donors (Lipinski definition) is 4. The van der Waals surface area contributed by atoms with Crippen LogP contribution in [0.2, 0.25) is 0 Å². The number of nitrogens with one attached hydrogen (secondary N) is 4. The van der Waals surface area contributed by atoms with Crippen LogP contribution in [0.4, 0.5) is 9.59 Å². The molecule has 2 atom stereocenters. The van der Waals surface area contributed by atoms with Crippen LogP contribution in [-0.4, -0.2) is 73.3 Å². The zero-order valence-electron chi connectivity index (χ0n) is 26.0. The molecule has 0 aliphatic rings. The molecule has 2 unspecified atom stereocenters. The van der Waals surface area contributed by atoms with Crippen molar-refractivity contribution in [1.29, 1.82) is 0 Å². The summed E-state index contributed by atoms with van der Waals surface area (Å²) >= 11 is 0. The molecule has 2 aromatic rings. The van der Waals surface area contributed by atoms with Gasteiger partial charge in [-0.3, -0.25) is 9.59 Å². The van der Waals surface area contributed by atoms with Crippen LogP contribution in [0.3, 0.4) is 0 Å². The highest BCUT2D eigenvalue weighted by atomic mass is 16.6. The summed E-state index contributed by atoms with van der Waals surface area (Å²) in [6.07, 6.45) is -1.52. The number of alkyl carbamates (subject to hydrolysis) is 2. The molecule has 0 fully saturated rings. The average molecular weight is 629 g/mol. The van der Waals surface area contributed by atoms with Crippen molar-refractivity contribution in [3.8, 4) is 5.75 Å². The fraction of sp³-hybridized carbons (Fsp3) is 0.419. The summed E-state index contributed by atoms with van der Waals surface area (Å²) < 4.78 is 20.5. The Morgan fingerprint density at radius 2 is 1.44 bits per heavy atom. The summed E-state index contributed by atoms with van der Waals surface area (Å²) in [5, 5.41) is 9.62. The fourth-order valence-electron chi connectivity index (χ4n) is 3.54. The van der Waals surface area contributed by atoms with Crippen LogP contribution in [0.5, 0.6) is 5.75 Å². The maximum atomic E-state index is 12.8. The van der Waals surface area contributed by atoms with Crippen molar-refractivity contribution in [2.24, 2.45) is 0 Å². The van der Waals surface area contributed by atoms with Crippen LogP contribution in [0.15, 0.2) is 54.6 Å². The molecule has 0 saturated heterocycles. The Kier molecular flexibility index (Phi) is 14.3. The third-order valence-electron chi connectivity index (χ3n) is 5.64. The van der Waals surface area contributed by atoms with Crippen molar-refractivity contribution in [2.45, 2.75) is 65.3 Å². The monoisotopic (exact) mass is 628 g/mol. The Morgan fingerprint density at radius 1 is 0.778 bits per heavy atom. The van der Waals surface area contributed by atoms with E-state index in [0.29, 0.717) is 5.56 Å². The number of esters is 2. The van der Waals surface area contributed by atoms with Gasteiger partial charge in [0.25, 0.3) is 0 Å². The maximum absolute atomic E-state index is 12.8. The molecule has 0 aliphatic heterocycles. The second-order valence-electron chi connectivity index (χ2n) is 10.7. The first kappa shape index (κ1) is 36.1. The molecule has 0 bridgehead atoms. The van der Waals surface area contributed by atoms with Gasteiger partial charge in [-0.2, -0.15) is 0 Å². The molecular formula is C31H40N4O10. The van der Waals surface area contributed by atoms with Crippen LogP contribution < -0.4 is 26.0 Å². The van der Waals surface area contributed by atoms with E-state index in [2.05, 4.69) is 21.3 Å². The molecule has 244 valence electrons. The van der Waals surface area contributed by atoms with E-state index in [1.54, 1.807) is 52.0 Å². The smallest absolute Gasteiger partial charge is 0.408 e. The van der Waals surface area contributed by atoms with Gasteiger partial charge < -0.3 is 40.2 Å². The Labute approximate surface area is 261 Å². The number of carbonyl (C=O) groups excluding carboxylic acids is 6. The van der Waals surface area contributed by atoms with E-state index in [4.69, 9.17) is 18.9 Å². The van der Waals surface area contributed by atoms with Crippen LogP contribution in [0.25, 0.3) is 0 Å². The Bertz CT molecular complexity index is 1310. The Hall–Kier alpha value is -5.14. The predicted molar refractivity (Wildman–Crippen MR) is 161 cm³/mol. The number of carbonyl (C=O) groups is 6. The third-order valence-corrected chi connectivity index (χ3v) is 5.64. The number of hydrogen-bond acceptors (Lipinski definition) is 10. The minimum atomic E-state index is -1.07. The molecule has 14 heteroatoms. The summed E-state index contributed by atoms with van der Waals surface area (Å²) in [6.45, 7) is 7.41. The van der Waals surface area contributed by atoms with Gasteiger partial charge in [0.1, 0.15) is 43.1 Å². The van der Waals surface area contributed by atoms with E-state index in [1.165, 1.54) is 19.1 Å². The van der Waals surface area contributed by atoms with Gasteiger partial charge in [-0.05, 0) is 57.9 Å². The van der Waals surface area contributed by atoms with Crippen LogP contribution in [-0.2, 0) is 46.4 Å². The molecule has 4 amide bonds. The summed E-state index contributed by atoms with van der Waals surface area (Å²) in [4.78, 5) is 73.2. The molecule has 14 nitrogen and oxygen atoms in total. The Morgan fingerprint density at radius 3 is 2.07 bits per heavy atom. The lowest BCUT2D eigenvalue weighted by atomic mass is 10.1. The molecule has 2 aromatic carbocycles. The average Bonchev–Trinajstić information content (AvgIpc) is 2.98. The first-order valence-electron chi connectivity index (χ1n) is 14.2. The molecule has 2 rings (SSSR count). The van der Waals surface area contributed by atoms with Gasteiger partial charge in [0, 0.05) is 6.42 Å². The second kappa shape index (κ2) is 17.9. The third kappa shape index (κ3) is 14.7. The molecule has 0 aliphatic carbocycles. The number of benzene rings is 2. The number of rotatable bonds is 14. The lowest BCUT2D eigenvalue weighted by Crippen LogP contribution is -2.51. The van der Waals surface area contributed by atoms with Crippen molar-refractivity contribution < 1.29 is 47.7 Å². The minimum absolute atomic E-state index is 0.0275. The molecule has 0 spiro atoms. The molecule has 0 aromatic heterocycles.